The van der Waals surface area contributed by atoms with Gasteiger partial charge in [-0.3, -0.25) is 4.79 Å². The normalized spacial score (nSPS) is 10.6. The molecule has 0 aliphatic heterocycles. The van der Waals surface area contributed by atoms with Crippen LogP contribution in [0, 0.1) is 0 Å². The Morgan fingerprint density at radius 3 is 2.95 bits per heavy atom. The summed E-state index contributed by atoms with van der Waals surface area (Å²) in [6.45, 7) is 0. The quantitative estimate of drug-likeness (QED) is 0.830. The Labute approximate surface area is 119 Å². The van der Waals surface area contributed by atoms with Crippen LogP contribution in [0.1, 0.15) is 25.0 Å². The van der Waals surface area contributed by atoms with E-state index >= 15 is 0 Å². The topological polar surface area (TPSA) is 68.0 Å². The maximum Gasteiger partial charge on any atom is 0.303 e. The summed E-state index contributed by atoms with van der Waals surface area (Å²) in [6.07, 6.45) is 4.31. The number of aromatic nitrogens is 3. The van der Waals surface area contributed by atoms with Crippen molar-refractivity contribution in [1.82, 2.24) is 15.0 Å². The van der Waals surface area contributed by atoms with Gasteiger partial charge in [-0.15, -0.1) is 5.10 Å². The molecule has 5 nitrogen and oxygen atoms in total. The number of carboxylic acids is 1. The zero-order chi connectivity index (χ0) is 13.7. The Hall–Kier alpha value is -1.69. The van der Waals surface area contributed by atoms with Crippen LogP contribution >= 0.6 is 15.9 Å². The lowest BCUT2D eigenvalue weighted by Gasteiger charge is -1.99. The fourth-order valence-electron chi connectivity index (χ4n) is 1.74. The van der Waals surface area contributed by atoms with Crippen molar-refractivity contribution in [2.24, 2.45) is 0 Å². The van der Waals surface area contributed by atoms with Gasteiger partial charge >= 0.3 is 5.97 Å². The number of unbranched alkanes of at least 4 members (excludes halogenated alkanes) is 1. The van der Waals surface area contributed by atoms with Crippen LogP contribution in [0.15, 0.2) is 34.9 Å². The second kappa shape index (κ2) is 6.47. The molecule has 1 heterocycles. The molecule has 0 radical (unpaired) electrons. The minimum atomic E-state index is -0.752. The molecule has 0 aliphatic carbocycles. The Bertz CT molecular complexity index is 569. The van der Waals surface area contributed by atoms with Crippen LogP contribution < -0.4 is 0 Å². The highest BCUT2D eigenvalue weighted by Gasteiger charge is 2.04. The first kappa shape index (κ1) is 13.7. The largest absolute Gasteiger partial charge is 0.481 e. The van der Waals surface area contributed by atoms with Crippen LogP contribution in [0.3, 0.4) is 0 Å². The summed E-state index contributed by atoms with van der Waals surface area (Å²) >= 11 is 3.41. The number of aryl methyl sites for hydroxylation is 1. The SMILES string of the molecule is O=C(O)CCCCc1cn(-c2cccc(Br)c2)nn1. The summed E-state index contributed by atoms with van der Waals surface area (Å²) in [5.41, 5.74) is 1.82. The van der Waals surface area contributed by atoms with Crippen LogP contribution in [-0.4, -0.2) is 26.1 Å². The van der Waals surface area contributed by atoms with E-state index in [9.17, 15) is 4.79 Å². The van der Waals surface area contributed by atoms with Gasteiger partial charge in [0.15, 0.2) is 0 Å². The number of benzene rings is 1. The van der Waals surface area contributed by atoms with E-state index in [0.29, 0.717) is 6.42 Å². The molecule has 2 rings (SSSR count). The monoisotopic (exact) mass is 323 g/mol. The second-order valence-corrected chi connectivity index (χ2v) is 5.15. The zero-order valence-electron chi connectivity index (χ0n) is 10.3. The first-order valence-corrected chi connectivity index (χ1v) is 6.83. The van der Waals surface area contributed by atoms with Gasteiger partial charge in [0.2, 0.25) is 0 Å². The lowest BCUT2D eigenvalue weighted by atomic mass is 10.1. The fourth-order valence-corrected chi connectivity index (χ4v) is 2.13. The molecule has 0 amide bonds. The van der Waals surface area contributed by atoms with E-state index in [0.717, 1.165) is 28.7 Å². The van der Waals surface area contributed by atoms with E-state index in [-0.39, 0.29) is 6.42 Å². The van der Waals surface area contributed by atoms with Crippen molar-refractivity contribution >= 4 is 21.9 Å². The number of carbonyl (C=O) groups is 1. The van der Waals surface area contributed by atoms with Gasteiger partial charge in [0.1, 0.15) is 0 Å². The van der Waals surface area contributed by atoms with E-state index in [1.54, 1.807) is 4.68 Å². The molecule has 1 aromatic heterocycles. The number of rotatable bonds is 6. The highest BCUT2D eigenvalue weighted by atomic mass is 79.9. The van der Waals surface area contributed by atoms with Crippen LogP contribution in [0.25, 0.3) is 5.69 Å². The molecule has 6 heteroatoms. The zero-order valence-corrected chi connectivity index (χ0v) is 11.9. The molecule has 2 aromatic rings. The van der Waals surface area contributed by atoms with Crippen LogP contribution in [0.5, 0.6) is 0 Å². The van der Waals surface area contributed by atoms with Gasteiger partial charge in [0.05, 0.1) is 17.6 Å². The van der Waals surface area contributed by atoms with Crippen molar-refractivity contribution in [1.29, 1.82) is 0 Å². The molecule has 0 bridgehead atoms. The van der Waals surface area contributed by atoms with Gasteiger partial charge in [-0.05, 0) is 37.5 Å². The number of hydrogen-bond acceptors (Lipinski definition) is 3. The molecule has 0 fully saturated rings. The number of carboxylic acid groups (broad SMARTS) is 1. The lowest BCUT2D eigenvalue weighted by molar-refractivity contribution is -0.137. The third-order valence-corrected chi connectivity index (χ3v) is 3.18. The van der Waals surface area contributed by atoms with Gasteiger partial charge in [0.25, 0.3) is 0 Å². The Morgan fingerprint density at radius 1 is 1.37 bits per heavy atom. The molecule has 19 heavy (non-hydrogen) atoms. The van der Waals surface area contributed by atoms with E-state index in [4.69, 9.17) is 5.11 Å². The predicted octanol–water partition coefficient (Wildman–Crippen LogP) is 2.83. The Balaban J connectivity index is 1.94. The molecule has 100 valence electrons. The summed E-state index contributed by atoms with van der Waals surface area (Å²) < 4.78 is 2.71. The molecule has 0 aliphatic rings. The minimum absolute atomic E-state index is 0.208. The van der Waals surface area contributed by atoms with Gasteiger partial charge in [-0.1, -0.05) is 27.2 Å². The molecule has 1 N–H and O–H groups in total. The first-order chi connectivity index (χ1) is 9.15. The third-order valence-electron chi connectivity index (χ3n) is 2.69. The van der Waals surface area contributed by atoms with E-state index < -0.39 is 5.97 Å². The summed E-state index contributed by atoms with van der Waals surface area (Å²) in [5.74, 6) is -0.752. The fraction of sp³-hybridized carbons (Fsp3) is 0.308. The second-order valence-electron chi connectivity index (χ2n) is 4.24. The van der Waals surface area contributed by atoms with Gasteiger partial charge in [0, 0.05) is 10.9 Å². The predicted molar refractivity (Wildman–Crippen MR) is 74.2 cm³/mol. The van der Waals surface area contributed by atoms with E-state index in [1.165, 1.54) is 0 Å². The summed E-state index contributed by atoms with van der Waals surface area (Å²) in [5, 5.41) is 16.7. The molecule has 0 atom stereocenters. The third kappa shape index (κ3) is 4.17. The average molecular weight is 324 g/mol. The molecule has 1 aromatic carbocycles. The molecular formula is C13H14BrN3O2. The van der Waals surface area contributed by atoms with Crippen LogP contribution in [0.2, 0.25) is 0 Å². The molecule has 0 saturated carbocycles. The van der Waals surface area contributed by atoms with Crippen LogP contribution in [-0.2, 0) is 11.2 Å². The number of aliphatic carboxylic acids is 1. The van der Waals surface area contributed by atoms with Crippen LogP contribution in [0.4, 0.5) is 0 Å². The molecular weight excluding hydrogens is 310 g/mol. The van der Waals surface area contributed by atoms with Crippen molar-refractivity contribution in [2.45, 2.75) is 25.7 Å². The summed E-state index contributed by atoms with van der Waals surface area (Å²) in [7, 11) is 0. The van der Waals surface area contributed by atoms with Crippen molar-refractivity contribution < 1.29 is 9.90 Å². The van der Waals surface area contributed by atoms with Crippen molar-refractivity contribution in [2.75, 3.05) is 0 Å². The Morgan fingerprint density at radius 2 is 2.21 bits per heavy atom. The lowest BCUT2D eigenvalue weighted by Crippen LogP contribution is -1.95. The summed E-state index contributed by atoms with van der Waals surface area (Å²) in [4.78, 5) is 10.4. The minimum Gasteiger partial charge on any atom is -0.481 e. The molecule has 0 unspecified atom stereocenters. The van der Waals surface area contributed by atoms with E-state index in [2.05, 4.69) is 26.2 Å². The maximum atomic E-state index is 10.4. The average Bonchev–Trinajstić information content (AvgIpc) is 2.83. The van der Waals surface area contributed by atoms with E-state index in [1.807, 2.05) is 30.5 Å². The standard InChI is InChI=1S/C13H14BrN3O2/c14-10-4-3-6-12(8-10)17-9-11(15-16-17)5-1-2-7-13(18)19/h3-4,6,8-9H,1-2,5,7H2,(H,18,19). The Kier molecular flexibility index (Phi) is 4.68. The number of nitrogens with zero attached hydrogens (tertiary/aromatic N) is 3. The molecule has 0 spiro atoms. The van der Waals surface area contributed by atoms with Gasteiger partial charge < -0.3 is 5.11 Å². The highest BCUT2D eigenvalue weighted by Crippen LogP contribution is 2.15. The van der Waals surface area contributed by atoms with Gasteiger partial charge in [-0.25, -0.2) is 4.68 Å². The summed E-state index contributed by atoms with van der Waals surface area (Å²) in [6, 6.07) is 7.80. The number of halogens is 1. The first-order valence-electron chi connectivity index (χ1n) is 6.04. The highest BCUT2D eigenvalue weighted by molar-refractivity contribution is 9.10. The smallest absolute Gasteiger partial charge is 0.303 e. The van der Waals surface area contributed by atoms with Crippen molar-refractivity contribution in [3.63, 3.8) is 0 Å². The van der Waals surface area contributed by atoms with Gasteiger partial charge in [-0.2, -0.15) is 0 Å². The van der Waals surface area contributed by atoms with Crippen molar-refractivity contribution in [3.05, 3.63) is 40.6 Å². The maximum absolute atomic E-state index is 10.4. The number of hydrogen-bond donors (Lipinski definition) is 1. The van der Waals surface area contributed by atoms with Crippen molar-refractivity contribution in [3.8, 4) is 5.69 Å². The molecule has 0 saturated heterocycles.